The van der Waals surface area contributed by atoms with E-state index in [-0.39, 0.29) is 5.91 Å². The van der Waals surface area contributed by atoms with Crippen LogP contribution < -0.4 is 5.73 Å². The molecule has 0 fully saturated rings. The summed E-state index contributed by atoms with van der Waals surface area (Å²) in [4.78, 5) is 15.0. The van der Waals surface area contributed by atoms with Crippen LogP contribution in [0.5, 0.6) is 0 Å². The molecule has 1 amide bonds. The molecule has 2 aromatic carbocycles. The SMILES string of the molecule is Cc1c(N)cccc1SCC(=O)N(C)Cc1ccccc1. The van der Waals surface area contributed by atoms with Gasteiger partial charge >= 0.3 is 0 Å². The summed E-state index contributed by atoms with van der Waals surface area (Å²) < 4.78 is 0. The summed E-state index contributed by atoms with van der Waals surface area (Å²) in [5, 5.41) is 0. The van der Waals surface area contributed by atoms with Crippen molar-refractivity contribution in [2.45, 2.75) is 18.4 Å². The molecular weight excluding hydrogens is 280 g/mol. The monoisotopic (exact) mass is 300 g/mol. The Kier molecular flexibility index (Phi) is 5.28. The zero-order chi connectivity index (χ0) is 15.2. The standard InChI is InChI=1S/C17H20N2OS/c1-13-15(18)9-6-10-16(13)21-12-17(20)19(2)11-14-7-4-3-5-8-14/h3-10H,11-12,18H2,1-2H3. The van der Waals surface area contributed by atoms with Crippen molar-refractivity contribution in [3.63, 3.8) is 0 Å². The van der Waals surface area contributed by atoms with Crippen molar-refractivity contribution in [3.8, 4) is 0 Å². The van der Waals surface area contributed by atoms with Crippen LogP contribution in [-0.2, 0) is 11.3 Å². The highest BCUT2D eigenvalue weighted by atomic mass is 32.2. The molecule has 0 saturated carbocycles. The molecule has 0 heterocycles. The van der Waals surface area contributed by atoms with Gasteiger partial charge in [0.25, 0.3) is 0 Å². The molecule has 0 aliphatic heterocycles. The molecule has 0 aliphatic carbocycles. The van der Waals surface area contributed by atoms with Crippen molar-refractivity contribution in [1.82, 2.24) is 4.90 Å². The average Bonchev–Trinajstić information content (AvgIpc) is 2.49. The molecule has 0 saturated heterocycles. The maximum Gasteiger partial charge on any atom is 0.232 e. The van der Waals surface area contributed by atoms with Crippen LogP contribution in [-0.4, -0.2) is 23.6 Å². The molecule has 0 aromatic heterocycles. The van der Waals surface area contributed by atoms with Gasteiger partial charge in [0.15, 0.2) is 0 Å². The Morgan fingerprint density at radius 3 is 2.57 bits per heavy atom. The Balaban J connectivity index is 1.91. The van der Waals surface area contributed by atoms with E-state index in [1.807, 2.05) is 62.5 Å². The number of amides is 1. The number of nitrogen functional groups attached to an aromatic ring is 1. The lowest BCUT2D eigenvalue weighted by Crippen LogP contribution is -2.27. The second-order valence-corrected chi connectivity index (χ2v) is 6.01. The van der Waals surface area contributed by atoms with E-state index in [2.05, 4.69) is 0 Å². The lowest BCUT2D eigenvalue weighted by molar-refractivity contribution is -0.127. The van der Waals surface area contributed by atoms with Crippen LogP contribution in [0.1, 0.15) is 11.1 Å². The largest absolute Gasteiger partial charge is 0.398 e. The third-order valence-corrected chi connectivity index (χ3v) is 4.51. The molecule has 0 bridgehead atoms. The van der Waals surface area contributed by atoms with Gasteiger partial charge in [0.1, 0.15) is 0 Å². The van der Waals surface area contributed by atoms with E-state index in [1.165, 1.54) is 11.8 Å². The highest BCUT2D eigenvalue weighted by Gasteiger charge is 2.11. The van der Waals surface area contributed by atoms with E-state index in [0.29, 0.717) is 12.3 Å². The second kappa shape index (κ2) is 7.18. The Morgan fingerprint density at radius 1 is 1.14 bits per heavy atom. The molecule has 110 valence electrons. The smallest absolute Gasteiger partial charge is 0.232 e. The number of hydrogen-bond donors (Lipinski definition) is 1. The summed E-state index contributed by atoms with van der Waals surface area (Å²) >= 11 is 1.54. The van der Waals surface area contributed by atoms with Crippen LogP contribution in [0, 0.1) is 6.92 Å². The van der Waals surface area contributed by atoms with Gasteiger partial charge in [-0.15, -0.1) is 11.8 Å². The summed E-state index contributed by atoms with van der Waals surface area (Å²) in [6.07, 6.45) is 0. The van der Waals surface area contributed by atoms with E-state index in [4.69, 9.17) is 5.73 Å². The first-order chi connectivity index (χ1) is 10.1. The molecule has 0 radical (unpaired) electrons. The molecule has 2 rings (SSSR count). The van der Waals surface area contributed by atoms with Crippen LogP contribution in [0.3, 0.4) is 0 Å². The average molecular weight is 300 g/mol. The molecule has 0 atom stereocenters. The van der Waals surface area contributed by atoms with Crippen molar-refractivity contribution < 1.29 is 4.79 Å². The molecule has 0 spiro atoms. The summed E-state index contributed by atoms with van der Waals surface area (Å²) in [6, 6.07) is 15.8. The van der Waals surface area contributed by atoms with Gasteiger partial charge in [0.2, 0.25) is 5.91 Å². The number of carbonyl (C=O) groups is 1. The van der Waals surface area contributed by atoms with Crippen LogP contribution >= 0.6 is 11.8 Å². The van der Waals surface area contributed by atoms with Gasteiger partial charge < -0.3 is 10.6 Å². The minimum Gasteiger partial charge on any atom is -0.398 e. The number of rotatable bonds is 5. The summed E-state index contributed by atoms with van der Waals surface area (Å²) in [5.74, 6) is 0.541. The van der Waals surface area contributed by atoms with Crippen molar-refractivity contribution in [2.24, 2.45) is 0 Å². The predicted molar refractivity (Wildman–Crippen MR) is 89.2 cm³/mol. The molecule has 4 heteroatoms. The number of benzene rings is 2. The highest BCUT2D eigenvalue weighted by molar-refractivity contribution is 8.00. The minimum atomic E-state index is 0.116. The maximum absolute atomic E-state index is 12.2. The van der Waals surface area contributed by atoms with Crippen LogP contribution in [0.4, 0.5) is 5.69 Å². The number of anilines is 1. The normalized spacial score (nSPS) is 10.4. The van der Waals surface area contributed by atoms with Crippen molar-refractivity contribution in [1.29, 1.82) is 0 Å². The van der Waals surface area contributed by atoms with Crippen LogP contribution in [0.2, 0.25) is 0 Å². The highest BCUT2D eigenvalue weighted by Crippen LogP contribution is 2.26. The van der Waals surface area contributed by atoms with Gasteiger partial charge in [-0.3, -0.25) is 4.79 Å². The zero-order valence-electron chi connectivity index (χ0n) is 12.4. The van der Waals surface area contributed by atoms with Gasteiger partial charge in [-0.2, -0.15) is 0 Å². The van der Waals surface area contributed by atoms with Gasteiger partial charge in [0.05, 0.1) is 5.75 Å². The van der Waals surface area contributed by atoms with Crippen molar-refractivity contribution >= 4 is 23.4 Å². The molecule has 2 N–H and O–H groups in total. The second-order valence-electron chi connectivity index (χ2n) is 4.99. The maximum atomic E-state index is 12.2. The number of carbonyl (C=O) groups excluding carboxylic acids is 1. The van der Waals surface area contributed by atoms with E-state index in [0.717, 1.165) is 21.7 Å². The molecule has 0 aliphatic rings. The Morgan fingerprint density at radius 2 is 1.86 bits per heavy atom. The minimum absolute atomic E-state index is 0.116. The lowest BCUT2D eigenvalue weighted by Gasteiger charge is -2.17. The topological polar surface area (TPSA) is 46.3 Å². The summed E-state index contributed by atoms with van der Waals surface area (Å²) in [6.45, 7) is 2.62. The lowest BCUT2D eigenvalue weighted by atomic mass is 10.2. The fourth-order valence-electron chi connectivity index (χ4n) is 1.98. The molecule has 2 aromatic rings. The third-order valence-electron chi connectivity index (χ3n) is 3.37. The van der Waals surface area contributed by atoms with Crippen molar-refractivity contribution in [3.05, 3.63) is 59.7 Å². The molecule has 21 heavy (non-hydrogen) atoms. The van der Waals surface area contributed by atoms with Crippen LogP contribution in [0.25, 0.3) is 0 Å². The Hall–Kier alpha value is -1.94. The van der Waals surface area contributed by atoms with E-state index in [9.17, 15) is 4.79 Å². The number of nitrogens with two attached hydrogens (primary N) is 1. The van der Waals surface area contributed by atoms with E-state index >= 15 is 0 Å². The van der Waals surface area contributed by atoms with Gasteiger partial charge in [-0.25, -0.2) is 0 Å². The van der Waals surface area contributed by atoms with Gasteiger partial charge in [-0.05, 0) is 30.2 Å². The van der Waals surface area contributed by atoms with E-state index < -0.39 is 0 Å². The van der Waals surface area contributed by atoms with Gasteiger partial charge in [-0.1, -0.05) is 36.4 Å². The van der Waals surface area contributed by atoms with Crippen molar-refractivity contribution in [2.75, 3.05) is 18.5 Å². The van der Waals surface area contributed by atoms with Crippen LogP contribution in [0.15, 0.2) is 53.4 Å². The quantitative estimate of drug-likeness (QED) is 0.680. The first kappa shape index (κ1) is 15.4. The van der Waals surface area contributed by atoms with Gasteiger partial charge in [0, 0.05) is 24.2 Å². The predicted octanol–water partition coefficient (Wildman–Crippen LogP) is 3.33. The van der Waals surface area contributed by atoms with E-state index in [1.54, 1.807) is 4.90 Å². The zero-order valence-corrected chi connectivity index (χ0v) is 13.2. The number of nitrogens with zero attached hydrogens (tertiary/aromatic N) is 1. The Labute approximate surface area is 130 Å². The summed E-state index contributed by atoms with van der Waals surface area (Å²) in [5.41, 5.74) is 8.83. The fraction of sp³-hybridized carbons (Fsp3) is 0.235. The Bertz CT molecular complexity index is 613. The number of thioether (sulfide) groups is 1. The molecule has 3 nitrogen and oxygen atoms in total. The molecule has 0 unspecified atom stereocenters. The number of hydrogen-bond acceptors (Lipinski definition) is 3. The third kappa shape index (κ3) is 4.26. The fourth-order valence-corrected chi connectivity index (χ4v) is 2.99. The molecular formula is C17H20N2OS. The summed E-state index contributed by atoms with van der Waals surface area (Å²) in [7, 11) is 1.84. The first-order valence-corrected chi connectivity index (χ1v) is 7.82. The first-order valence-electron chi connectivity index (χ1n) is 6.83.